The van der Waals surface area contributed by atoms with Crippen molar-refractivity contribution in [1.82, 2.24) is 34.0 Å². The third kappa shape index (κ3) is 4.19. The van der Waals surface area contributed by atoms with Crippen LogP contribution in [0, 0.1) is 11.8 Å². The van der Waals surface area contributed by atoms with Gasteiger partial charge < -0.3 is 15.6 Å². The van der Waals surface area contributed by atoms with Crippen LogP contribution in [0.3, 0.4) is 0 Å². The number of carbonyl (C=O) groups excluding carboxylic acids is 1. The van der Waals surface area contributed by atoms with Crippen molar-refractivity contribution in [3.05, 3.63) is 118 Å². The summed E-state index contributed by atoms with van der Waals surface area (Å²) in [6.07, 6.45) is 7.06. The van der Waals surface area contributed by atoms with E-state index in [1.54, 1.807) is 29.2 Å². The van der Waals surface area contributed by atoms with Crippen LogP contribution < -0.4 is 16.6 Å². The van der Waals surface area contributed by atoms with Crippen LogP contribution in [0.25, 0.3) is 22.1 Å². The Balaban J connectivity index is 1.34. The van der Waals surface area contributed by atoms with Crippen LogP contribution in [-0.4, -0.2) is 34.6 Å². The Labute approximate surface area is 240 Å². The Bertz CT molecular complexity index is 2130. The second-order valence-electron chi connectivity index (χ2n) is 10.2. The summed E-state index contributed by atoms with van der Waals surface area (Å²) in [5, 5.41) is 8.44. The molecule has 42 heavy (non-hydrogen) atoms. The lowest BCUT2D eigenvalue weighted by molar-refractivity contribution is 0.0941. The molecule has 0 radical (unpaired) electrons. The quantitative estimate of drug-likeness (QED) is 0.321. The molecule has 4 aromatic heterocycles. The summed E-state index contributed by atoms with van der Waals surface area (Å²) in [5.41, 5.74) is 9.15. The fraction of sp³-hybridized carbons (Fsp3) is 0.156. The molecule has 1 unspecified atom stereocenters. The number of nitrogens with one attached hydrogen (secondary N) is 1. The van der Waals surface area contributed by atoms with Crippen molar-refractivity contribution in [2.75, 3.05) is 5.73 Å². The first-order valence-corrected chi connectivity index (χ1v) is 13.7. The first kappa shape index (κ1) is 25.3. The number of rotatable bonds is 4. The molecule has 1 amide bonds. The Morgan fingerprint density at radius 1 is 1.07 bits per heavy atom. The molecule has 0 fully saturated rings. The van der Waals surface area contributed by atoms with E-state index in [4.69, 9.17) is 5.73 Å². The van der Waals surface area contributed by atoms with Crippen molar-refractivity contribution < 1.29 is 4.79 Å². The molecule has 2 aromatic carbocycles. The standard InChI is InChI=1S/C32H26N8O2/c1-20(36-31(41)28-29(33)37-39-17-7-15-34-30(28)39)25-18-22-9-5-8-21(13-14-24-19-35-26-12-6-16-38(24)26)27(22)32(42)40(25)23-10-3-2-4-11-23/h2-5,7-11,15,17-20H,6,12,16H2,1H3,(H2,33,37)(H,36,41). The number of carbonyl (C=O) groups is 1. The maximum Gasteiger partial charge on any atom is 0.264 e. The van der Waals surface area contributed by atoms with Gasteiger partial charge in [-0.15, -0.1) is 5.10 Å². The number of para-hydroxylation sites is 1. The van der Waals surface area contributed by atoms with Gasteiger partial charge in [0.1, 0.15) is 17.1 Å². The zero-order chi connectivity index (χ0) is 28.8. The number of amides is 1. The molecule has 10 heteroatoms. The Hall–Kier alpha value is -5.69. The molecule has 0 aliphatic carbocycles. The van der Waals surface area contributed by atoms with E-state index >= 15 is 0 Å². The fourth-order valence-corrected chi connectivity index (χ4v) is 5.60. The zero-order valence-electron chi connectivity index (χ0n) is 22.8. The number of imidazole rings is 1. The SMILES string of the molecule is CC(NC(=O)c1c(N)nn2cccnc12)c1cc2cccc(C#Cc3cnc4n3CCC4)c2c(=O)n1-c1ccccc1. The van der Waals surface area contributed by atoms with Crippen molar-refractivity contribution in [2.24, 2.45) is 0 Å². The zero-order valence-corrected chi connectivity index (χ0v) is 22.8. The second kappa shape index (κ2) is 10.1. The molecule has 5 heterocycles. The summed E-state index contributed by atoms with van der Waals surface area (Å²) < 4.78 is 5.23. The van der Waals surface area contributed by atoms with Gasteiger partial charge >= 0.3 is 0 Å². The normalized spacial score (nSPS) is 13.1. The van der Waals surface area contributed by atoms with Crippen LogP contribution in [-0.2, 0) is 13.0 Å². The number of benzene rings is 2. The van der Waals surface area contributed by atoms with Gasteiger partial charge in [0.25, 0.3) is 11.5 Å². The first-order valence-electron chi connectivity index (χ1n) is 13.7. The molecular formula is C32H26N8O2. The summed E-state index contributed by atoms with van der Waals surface area (Å²) in [7, 11) is 0. The molecule has 3 N–H and O–H groups in total. The van der Waals surface area contributed by atoms with E-state index in [-0.39, 0.29) is 16.9 Å². The average molecular weight is 555 g/mol. The minimum absolute atomic E-state index is 0.0735. The summed E-state index contributed by atoms with van der Waals surface area (Å²) in [6, 6.07) is 18.1. The van der Waals surface area contributed by atoms with Gasteiger partial charge in [0.2, 0.25) is 0 Å². The molecule has 1 aliphatic rings. The van der Waals surface area contributed by atoms with Gasteiger partial charge in [-0.2, -0.15) is 0 Å². The van der Waals surface area contributed by atoms with Crippen molar-refractivity contribution in [1.29, 1.82) is 0 Å². The van der Waals surface area contributed by atoms with Crippen molar-refractivity contribution in [3.8, 4) is 17.5 Å². The highest BCUT2D eigenvalue weighted by molar-refractivity contribution is 6.04. The lowest BCUT2D eigenvalue weighted by atomic mass is 10.0. The lowest BCUT2D eigenvalue weighted by Crippen LogP contribution is -2.32. The predicted octanol–water partition coefficient (Wildman–Crippen LogP) is 3.65. The Morgan fingerprint density at radius 2 is 1.93 bits per heavy atom. The number of nitrogens with zero attached hydrogens (tertiary/aromatic N) is 6. The maximum atomic E-state index is 14.3. The smallest absolute Gasteiger partial charge is 0.264 e. The average Bonchev–Trinajstić information content (AvgIpc) is 3.70. The van der Waals surface area contributed by atoms with E-state index in [1.165, 1.54) is 4.52 Å². The summed E-state index contributed by atoms with van der Waals surface area (Å²) >= 11 is 0. The van der Waals surface area contributed by atoms with Gasteiger partial charge in [-0.1, -0.05) is 36.3 Å². The second-order valence-corrected chi connectivity index (χ2v) is 10.2. The van der Waals surface area contributed by atoms with Gasteiger partial charge in [-0.05, 0) is 55.0 Å². The fourth-order valence-electron chi connectivity index (χ4n) is 5.60. The van der Waals surface area contributed by atoms with Gasteiger partial charge in [0.05, 0.1) is 17.6 Å². The summed E-state index contributed by atoms with van der Waals surface area (Å²) in [4.78, 5) is 36.5. The van der Waals surface area contributed by atoms with Crippen LogP contribution in [0.4, 0.5) is 5.82 Å². The molecule has 6 aromatic rings. The number of pyridine rings is 1. The number of nitrogen functional groups attached to an aromatic ring is 1. The maximum absolute atomic E-state index is 14.3. The highest BCUT2D eigenvalue weighted by atomic mass is 16.2. The van der Waals surface area contributed by atoms with E-state index in [1.807, 2.05) is 61.5 Å². The minimum Gasteiger partial charge on any atom is -0.381 e. The number of aromatic nitrogens is 6. The molecule has 7 rings (SSSR count). The van der Waals surface area contributed by atoms with Crippen LogP contribution in [0.2, 0.25) is 0 Å². The van der Waals surface area contributed by atoms with E-state index < -0.39 is 11.9 Å². The van der Waals surface area contributed by atoms with Crippen LogP contribution in [0.15, 0.2) is 84.0 Å². The molecule has 1 atom stereocenters. The molecule has 0 bridgehead atoms. The summed E-state index contributed by atoms with van der Waals surface area (Å²) in [5.74, 6) is 7.16. The number of nitrogens with two attached hydrogens (primary N) is 1. The van der Waals surface area contributed by atoms with Gasteiger partial charge in [0, 0.05) is 42.3 Å². The van der Waals surface area contributed by atoms with Gasteiger partial charge in [0.15, 0.2) is 11.5 Å². The van der Waals surface area contributed by atoms with Crippen LogP contribution in [0.5, 0.6) is 0 Å². The first-order chi connectivity index (χ1) is 20.5. The minimum atomic E-state index is -0.572. The monoisotopic (exact) mass is 554 g/mol. The van der Waals surface area contributed by atoms with Gasteiger partial charge in [-0.3, -0.25) is 14.2 Å². The molecule has 0 saturated carbocycles. The molecule has 10 nitrogen and oxygen atoms in total. The molecular weight excluding hydrogens is 528 g/mol. The predicted molar refractivity (Wildman–Crippen MR) is 159 cm³/mol. The highest BCUT2D eigenvalue weighted by Crippen LogP contribution is 2.25. The van der Waals surface area contributed by atoms with E-state index in [9.17, 15) is 9.59 Å². The largest absolute Gasteiger partial charge is 0.381 e. The highest BCUT2D eigenvalue weighted by Gasteiger charge is 2.24. The van der Waals surface area contributed by atoms with Crippen molar-refractivity contribution in [3.63, 3.8) is 0 Å². The summed E-state index contributed by atoms with van der Waals surface area (Å²) in [6.45, 7) is 2.73. The lowest BCUT2D eigenvalue weighted by Gasteiger charge is -2.21. The number of hydrogen-bond acceptors (Lipinski definition) is 6. The van der Waals surface area contributed by atoms with E-state index in [0.717, 1.165) is 36.3 Å². The van der Waals surface area contributed by atoms with E-state index in [2.05, 4.69) is 36.8 Å². The third-order valence-corrected chi connectivity index (χ3v) is 7.58. The molecule has 1 aliphatic heterocycles. The van der Waals surface area contributed by atoms with Crippen molar-refractivity contribution >= 4 is 28.1 Å². The Morgan fingerprint density at radius 3 is 2.79 bits per heavy atom. The molecule has 0 saturated heterocycles. The van der Waals surface area contributed by atoms with Gasteiger partial charge in [-0.25, -0.2) is 14.5 Å². The Kier molecular flexibility index (Phi) is 6.05. The number of hydrogen-bond donors (Lipinski definition) is 2. The molecule has 206 valence electrons. The topological polar surface area (TPSA) is 125 Å². The molecule has 0 spiro atoms. The third-order valence-electron chi connectivity index (χ3n) is 7.58. The number of anilines is 1. The van der Waals surface area contributed by atoms with E-state index in [0.29, 0.717) is 28.0 Å². The number of aryl methyl sites for hydroxylation is 1. The van der Waals surface area contributed by atoms with Crippen LogP contribution in [0.1, 0.15) is 52.5 Å². The van der Waals surface area contributed by atoms with Crippen molar-refractivity contribution in [2.45, 2.75) is 32.4 Å². The van der Waals surface area contributed by atoms with Crippen LogP contribution >= 0.6 is 0 Å². The number of fused-ring (bicyclic) bond motifs is 3.